The quantitative estimate of drug-likeness (QED) is 0.893. The fourth-order valence-electron chi connectivity index (χ4n) is 2.76. The zero-order valence-electron chi connectivity index (χ0n) is 13.0. The van der Waals surface area contributed by atoms with Gasteiger partial charge >= 0.3 is 0 Å². The van der Waals surface area contributed by atoms with E-state index in [4.69, 9.17) is 11.6 Å². The molecule has 0 saturated heterocycles. The van der Waals surface area contributed by atoms with Crippen LogP contribution in [0.2, 0.25) is 5.02 Å². The lowest BCUT2D eigenvalue weighted by molar-refractivity contribution is 0.0932. The smallest absolute Gasteiger partial charge is 0.270 e. The van der Waals surface area contributed by atoms with E-state index >= 15 is 0 Å². The van der Waals surface area contributed by atoms with Gasteiger partial charge in [-0.2, -0.15) is 0 Å². The van der Waals surface area contributed by atoms with E-state index in [1.54, 1.807) is 6.07 Å². The molecule has 5 nitrogen and oxygen atoms in total. The SMILES string of the molecule is Cc1c(Cl)cccc1Nc1cc(C(=O)NC2CCCC2)ncn1. The minimum Gasteiger partial charge on any atom is -0.348 e. The Morgan fingerprint density at radius 1 is 1.26 bits per heavy atom. The first-order chi connectivity index (χ1) is 11.1. The maximum absolute atomic E-state index is 12.3. The number of benzene rings is 1. The molecule has 0 atom stereocenters. The van der Waals surface area contributed by atoms with Crippen LogP contribution in [0.15, 0.2) is 30.6 Å². The van der Waals surface area contributed by atoms with Crippen molar-refractivity contribution in [2.75, 3.05) is 5.32 Å². The minimum absolute atomic E-state index is 0.148. The van der Waals surface area contributed by atoms with Crippen molar-refractivity contribution in [3.05, 3.63) is 46.9 Å². The molecule has 1 aromatic heterocycles. The van der Waals surface area contributed by atoms with Crippen LogP contribution in [-0.2, 0) is 0 Å². The average Bonchev–Trinajstić information content (AvgIpc) is 3.05. The molecule has 1 saturated carbocycles. The van der Waals surface area contributed by atoms with Crippen LogP contribution in [-0.4, -0.2) is 21.9 Å². The molecule has 120 valence electrons. The third-order valence-corrected chi connectivity index (χ3v) is 4.53. The van der Waals surface area contributed by atoms with E-state index in [1.165, 1.54) is 19.2 Å². The zero-order valence-corrected chi connectivity index (χ0v) is 13.7. The molecule has 1 amide bonds. The molecule has 0 unspecified atom stereocenters. The van der Waals surface area contributed by atoms with E-state index < -0.39 is 0 Å². The highest BCUT2D eigenvalue weighted by Crippen LogP contribution is 2.25. The Morgan fingerprint density at radius 2 is 2.04 bits per heavy atom. The van der Waals surface area contributed by atoms with Crippen molar-refractivity contribution < 1.29 is 4.79 Å². The summed E-state index contributed by atoms with van der Waals surface area (Å²) in [6.07, 6.45) is 5.84. The second kappa shape index (κ2) is 6.96. The second-order valence-electron chi connectivity index (χ2n) is 5.78. The third-order valence-electron chi connectivity index (χ3n) is 4.12. The van der Waals surface area contributed by atoms with Crippen LogP contribution in [0.3, 0.4) is 0 Å². The van der Waals surface area contributed by atoms with Gasteiger partial charge in [0.15, 0.2) is 0 Å². The Kier molecular flexibility index (Phi) is 4.76. The fourth-order valence-corrected chi connectivity index (χ4v) is 2.93. The summed E-state index contributed by atoms with van der Waals surface area (Å²) in [5, 5.41) is 6.90. The molecule has 23 heavy (non-hydrogen) atoms. The van der Waals surface area contributed by atoms with E-state index in [0.29, 0.717) is 16.5 Å². The van der Waals surface area contributed by atoms with Crippen LogP contribution in [0.25, 0.3) is 0 Å². The topological polar surface area (TPSA) is 66.9 Å². The molecular weight excluding hydrogens is 312 g/mol. The lowest BCUT2D eigenvalue weighted by Crippen LogP contribution is -2.33. The zero-order chi connectivity index (χ0) is 16.2. The van der Waals surface area contributed by atoms with Crippen LogP contribution in [0.4, 0.5) is 11.5 Å². The predicted molar refractivity (Wildman–Crippen MR) is 91.2 cm³/mol. The number of carbonyl (C=O) groups is 1. The van der Waals surface area contributed by atoms with Crippen molar-refractivity contribution >= 4 is 29.0 Å². The van der Waals surface area contributed by atoms with Crippen molar-refractivity contribution in [3.63, 3.8) is 0 Å². The number of carbonyl (C=O) groups excluding carboxylic acids is 1. The van der Waals surface area contributed by atoms with Crippen LogP contribution in [0.1, 0.15) is 41.7 Å². The average molecular weight is 331 g/mol. The molecule has 0 aliphatic heterocycles. The number of hydrogen-bond acceptors (Lipinski definition) is 4. The number of anilines is 2. The van der Waals surface area contributed by atoms with Gasteiger partial charge < -0.3 is 10.6 Å². The Bertz CT molecular complexity index is 713. The second-order valence-corrected chi connectivity index (χ2v) is 6.19. The Balaban J connectivity index is 1.74. The number of nitrogens with zero attached hydrogens (tertiary/aromatic N) is 2. The number of aromatic nitrogens is 2. The number of nitrogens with one attached hydrogen (secondary N) is 2. The summed E-state index contributed by atoms with van der Waals surface area (Å²) in [5.41, 5.74) is 2.16. The first-order valence-corrected chi connectivity index (χ1v) is 8.16. The number of rotatable bonds is 4. The summed E-state index contributed by atoms with van der Waals surface area (Å²) >= 11 is 6.12. The first-order valence-electron chi connectivity index (χ1n) is 7.78. The van der Waals surface area contributed by atoms with Gasteiger partial charge in [0.25, 0.3) is 5.91 Å². The van der Waals surface area contributed by atoms with Crippen LogP contribution < -0.4 is 10.6 Å². The van der Waals surface area contributed by atoms with Crippen LogP contribution >= 0.6 is 11.6 Å². The highest BCUT2D eigenvalue weighted by molar-refractivity contribution is 6.31. The summed E-state index contributed by atoms with van der Waals surface area (Å²) in [7, 11) is 0. The molecule has 1 fully saturated rings. The standard InChI is InChI=1S/C17H19ClN4O/c1-11-13(18)7-4-8-14(11)22-16-9-15(19-10-20-16)17(23)21-12-5-2-3-6-12/h4,7-10,12H,2-3,5-6H2,1H3,(H,21,23)(H,19,20,22). The number of halogens is 1. The lowest BCUT2D eigenvalue weighted by atomic mass is 10.2. The van der Waals surface area contributed by atoms with Crippen molar-refractivity contribution in [2.45, 2.75) is 38.6 Å². The number of hydrogen-bond donors (Lipinski definition) is 2. The molecule has 6 heteroatoms. The molecular formula is C17H19ClN4O. The summed E-state index contributed by atoms with van der Waals surface area (Å²) in [5.74, 6) is 0.423. The third kappa shape index (κ3) is 3.79. The van der Waals surface area contributed by atoms with Gasteiger partial charge in [0.2, 0.25) is 0 Å². The Hall–Kier alpha value is -2.14. The van der Waals surface area contributed by atoms with E-state index in [9.17, 15) is 4.79 Å². The monoisotopic (exact) mass is 330 g/mol. The van der Waals surface area contributed by atoms with Crippen molar-refractivity contribution in [1.29, 1.82) is 0 Å². The Labute approximate surface area is 140 Å². The van der Waals surface area contributed by atoms with Crippen molar-refractivity contribution in [3.8, 4) is 0 Å². The maximum Gasteiger partial charge on any atom is 0.270 e. The first kappa shape index (κ1) is 15.7. The fraction of sp³-hybridized carbons (Fsp3) is 0.353. The molecule has 3 rings (SSSR count). The molecule has 0 radical (unpaired) electrons. The lowest BCUT2D eigenvalue weighted by Gasteiger charge is -2.13. The van der Waals surface area contributed by atoms with Gasteiger partial charge in [-0.25, -0.2) is 9.97 Å². The molecule has 0 spiro atoms. The van der Waals surface area contributed by atoms with Gasteiger partial charge in [0, 0.05) is 22.8 Å². The van der Waals surface area contributed by atoms with E-state index in [1.807, 2.05) is 25.1 Å². The van der Waals surface area contributed by atoms with Gasteiger partial charge in [0.1, 0.15) is 17.8 Å². The van der Waals surface area contributed by atoms with Crippen LogP contribution in [0.5, 0.6) is 0 Å². The summed E-state index contributed by atoms with van der Waals surface area (Å²) < 4.78 is 0. The van der Waals surface area contributed by atoms with Gasteiger partial charge in [-0.1, -0.05) is 30.5 Å². The molecule has 0 bridgehead atoms. The Morgan fingerprint density at radius 3 is 2.83 bits per heavy atom. The van der Waals surface area contributed by atoms with Gasteiger partial charge in [-0.3, -0.25) is 4.79 Å². The molecule has 1 aliphatic rings. The molecule has 1 aliphatic carbocycles. The summed E-state index contributed by atoms with van der Waals surface area (Å²) in [6, 6.07) is 7.55. The van der Waals surface area contributed by atoms with Crippen molar-refractivity contribution in [1.82, 2.24) is 15.3 Å². The highest BCUT2D eigenvalue weighted by Gasteiger charge is 2.19. The van der Waals surface area contributed by atoms with Gasteiger partial charge in [-0.15, -0.1) is 0 Å². The van der Waals surface area contributed by atoms with Crippen LogP contribution in [0, 0.1) is 6.92 Å². The highest BCUT2D eigenvalue weighted by atomic mass is 35.5. The molecule has 2 N–H and O–H groups in total. The van der Waals surface area contributed by atoms with E-state index in [0.717, 1.165) is 24.1 Å². The molecule has 1 heterocycles. The largest absolute Gasteiger partial charge is 0.348 e. The number of amides is 1. The maximum atomic E-state index is 12.3. The van der Waals surface area contributed by atoms with Crippen molar-refractivity contribution in [2.24, 2.45) is 0 Å². The minimum atomic E-state index is -0.148. The van der Waals surface area contributed by atoms with E-state index in [-0.39, 0.29) is 11.9 Å². The predicted octanol–water partition coefficient (Wildman–Crippen LogP) is 3.85. The molecule has 1 aromatic carbocycles. The molecule has 2 aromatic rings. The van der Waals surface area contributed by atoms with Gasteiger partial charge in [-0.05, 0) is 37.5 Å². The van der Waals surface area contributed by atoms with Gasteiger partial charge in [0.05, 0.1) is 0 Å². The summed E-state index contributed by atoms with van der Waals surface area (Å²) in [6.45, 7) is 1.93. The normalized spacial score (nSPS) is 14.7. The van der Waals surface area contributed by atoms with E-state index in [2.05, 4.69) is 20.6 Å². The summed E-state index contributed by atoms with van der Waals surface area (Å²) in [4.78, 5) is 20.5.